The van der Waals surface area contributed by atoms with Crippen LogP contribution in [0.3, 0.4) is 0 Å². The summed E-state index contributed by atoms with van der Waals surface area (Å²) in [5, 5.41) is 7.19. The molecule has 1 amide bonds. The van der Waals surface area contributed by atoms with Crippen LogP contribution in [0.25, 0.3) is 0 Å². The Morgan fingerprint density at radius 3 is 2.67 bits per heavy atom. The van der Waals surface area contributed by atoms with Gasteiger partial charge in [0.15, 0.2) is 0 Å². The van der Waals surface area contributed by atoms with Crippen LogP contribution in [-0.2, 0) is 18.3 Å². The zero-order valence-corrected chi connectivity index (χ0v) is 12.8. The van der Waals surface area contributed by atoms with Crippen molar-refractivity contribution in [3.05, 3.63) is 53.9 Å². The molecule has 5 nitrogen and oxygen atoms in total. The molecule has 5 heteroatoms. The number of rotatable bonds is 6. The van der Waals surface area contributed by atoms with Crippen LogP contribution < -0.4 is 5.32 Å². The highest BCUT2D eigenvalue weighted by molar-refractivity contribution is 5.82. The molecule has 0 aliphatic rings. The molecule has 0 spiro atoms. The molecule has 0 aliphatic heterocycles. The number of nitrogens with one attached hydrogen (secondary N) is 1. The second kappa shape index (κ2) is 7.04. The Balaban J connectivity index is 1.97. The number of hydrogen-bond acceptors (Lipinski definition) is 3. The molecule has 1 aromatic carbocycles. The molecule has 1 N–H and O–H groups in total. The summed E-state index contributed by atoms with van der Waals surface area (Å²) in [7, 11) is 5.48. The summed E-state index contributed by atoms with van der Waals surface area (Å²) in [5.74, 6) is 0.0569. The molecule has 1 heterocycles. The third-order valence-electron chi connectivity index (χ3n) is 3.55. The lowest BCUT2D eigenvalue weighted by Gasteiger charge is -2.23. The van der Waals surface area contributed by atoms with E-state index in [4.69, 9.17) is 0 Å². The lowest BCUT2D eigenvalue weighted by Crippen LogP contribution is -2.38. The number of amides is 1. The highest BCUT2D eigenvalue weighted by atomic mass is 16.2. The van der Waals surface area contributed by atoms with Crippen molar-refractivity contribution in [2.45, 2.75) is 12.5 Å². The molecule has 0 fully saturated rings. The Hall–Kier alpha value is -2.14. The van der Waals surface area contributed by atoms with Gasteiger partial charge in [0.2, 0.25) is 5.91 Å². The minimum atomic E-state index is -0.348. The van der Waals surface area contributed by atoms with E-state index in [1.54, 1.807) is 22.8 Å². The van der Waals surface area contributed by atoms with E-state index in [-0.39, 0.29) is 11.9 Å². The second-order valence-electron chi connectivity index (χ2n) is 5.16. The quantitative estimate of drug-likeness (QED) is 0.873. The van der Waals surface area contributed by atoms with Crippen molar-refractivity contribution in [3.63, 3.8) is 0 Å². The van der Waals surface area contributed by atoms with Crippen LogP contribution in [0, 0.1) is 0 Å². The smallest absolute Gasteiger partial charge is 0.244 e. The van der Waals surface area contributed by atoms with E-state index in [1.807, 2.05) is 38.5 Å². The number of benzene rings is 1. The Morgan fingerprint density at radius 2 is 2.10 bits per heavy atom. The fourth-order valence-corrected chi connectivity index (χ4v) is 2.29. The Morgan fingerprint density at radius 1 is 1.38 bits per heavy atom. The molecule has 1 atom stereocenters. The van der Waals surface area contributed by atoms with Crippen molar-refractivity contribution in [1.82, 2.24) is 20.0 Å². The van der Waals surface area contributed by atoms with Crippen molar-refractivity contribution in [2.24, 2.45) is 7.05 Å². The van der Waals surface area contributed by atoms with E-state index in [1.165, 1.54) is 5.56 Å². The van der Waals surface area contributed by atoms with Crippen LogP contribution in [0.5, 0.6) is 0 Å². The summed E-state index contributed by atoms with van der Waals surface area (Å²) in [6.45, 7) is 0.696. The van der Waals surface area contributed by atoms with Gasteiger partial charge in [0.05, 0.1) is 6.20 Å². The number of carbonyl (C=O) groups excluding carboxylic acids is 1. The van der Waals surface area contributed by atoms with Gasteiger partial charge in [0.1, 0.15) is 6.04 Å². The molecule has 2 rings (SSSR count). The Bertz CT molecular complexity index is 579. The van der Waals surface area contributed by atoms with Gasteiger partial charge in [-0.25, -0.2) is 0 Å². The summed E-state index contributed by atoms with van der Waals surface area (Å²) >= 11 is 0. The van der Waals surface area contributed by atoms with E-state index in [0.717, 1.165) is 12.0 Å². The lowest BCUT2D eigenvalue weighted by atomic mass is 10.1. The monoisotopic (exact) mass is 286 g/mol. The number of likely N-dealkylation sites (N-methyl/N-ethyl adjacent to an activating group) is 2. The minimum Gasteiger partial charge on any atom is -0.344 e. The molecule has 2 aromatic rings. The summed E-state index contributed by atoms with van der Waals surface area (Å²) in [5.41, 5.74) is 2.12. The van der Waals surface area contributed by atoms with Gasteiger partial charge in [-0.2, -0.15) is 5.10 Å². The number of aromatic nitrogens is 2. The summed E-state index contributed by atoms with van der Waals surface area (Å²) in [6, 6.07) is 9.84. The number of hydrogen-bond donors (Lipinski definition) is 1. The topological polar surface area (TPSA) is 50.2 Å². The van der Waals surface area contributed by atoms with Gasteiger partial charge >= 0.3 is 0 Å². The maximum absolute atomic E-state index is 12.5. The van der Waals surface area contributed by atoms with Gasteiger partial charge in [-0.1, -0.05) is 30.3 Å². The largest absolute Gasteiger partial charge is 0.344 e. The highest BCUT2D eigenvalue weighted by Crippen LogP contribution is 2.14. The van der Waals surface area contributed by atoms with E-state index < -0.39 is 0 Å². The van der Waals surface area contributed by atoms with Crippen molar-refractivity contribution in [2.75, 3.05) is 20.6 Å². The molecular weight excluding hydrogens is 264 g/mol. The molecule has 21 heavy (non-hydrogen) atoms. The average Bonchev–Trinajstić information content (AvgIpc) is 2.92. The van der Waals surface area contributed by atoms with Crippen LogP contribution in [0.1, 0.15) is 17.2 Å². The molecule has 1 aromatic heterocycles. The van der Waals surface area contributed by atoms with Gasteiger partial charge in [0, 0.05) is 32.4 Å². The van der Waals surface area contributed by atoms with E-state index in [2.05, 4.69) is 22.5 Å². The van der Waals surface area contributed by atoms with Gasteiger partial charge in [0.25, 0.3) is 0 Å². The zero-order chi connectivity index (χ0) is 15.2. The minimum absolute atomic E-state index is 0.0569. The summed E-state index contributed by atoms with van der Waals surface area (Å²) < 4.78 is 1.71. The van der Waals surface area contributed by atoms with Gasteiger partial charge in [-0.15, -0.1) is 0 Å². The van der Waals surface area contributed by atoms with Gasteiger partial charge in [-0.3, -0.25) is 9.48 Å². The van der Waals surface area contributed by atoms with Crippen molar-refractivity contribution in [1.29, 1.82) is 0 Å². The number of aryl methyl sites for hydroxylation is 1. The maximum atomic E-state index is 12.5. The molecule has 0 bridgehead atoms. The molecule has 0 saturated heterocycles. The van der Waals surface area contributed by atoms with Crippen LogP contribution in [-0.4, -0.2) is 41.2 Å². The third kappa shape index (κ3) is 3.92. The van der Waals surface area contributed by atoms with Gasteiger partial charge in [-0.05, 0) is 19.0 Å². The first kappa shape index (κ1) is 15.3. The van der Waals surface area contributed by atoms with Crippen LogP contribution in [0.15, 0.2) is 42.7 Å². The van der Waals surface area contributed by atoms with E-state index >= 15 is 0 Å². The Labute approximate surface area is 125 Å². The predicted molar refractivity (Wildman–Crippen MR) is 82.8 cm³/mol. The molecule has 112 valence electrons. The van der Waals surface area contributed by atoms with Gasteiger partial charge < -0.3 is 10.2 Å². The second-order valence-corrected chi connectivity index (χ2v) is 5.16. The van der Waals surface area contributed by atoms with Crippen LogP contribution >= 0.6 is 0 Å². The predicted octanol–water partition coefficient (Wildman–Crippen LogP) is 1.38. The van der Waals surface area contributed by atoms with Crippen molar-refractivity contribution < 1.29 is 4.79 Å². The van der Waals surface area contributed by atoms with Crippen LogP contribution in [0.2, 0.25) is 0 Å². The summed E-state index contributed by atoms with van der Waals surface area (Å²) in [6.07, 6.45) is 4.45. The van der Waals surface area contributed by atoms with E-state index in [9.17, 15) is 4.79 Å². The Kier molecular flexibility index (Phi) is 5.11. The normalized spacial score (nSPS) is 12.1. The number of carbonyl (C=O) groups is 1. The molecular formula is C16H22N4O. The maximum Gasteiger partial charge on any atom is 0.244 e. The molecule has 0 saturated carbocycles. The first-order valence-corrected chi connectivity index (χ1v) is 7.06. The molecule has 1 unspecified atom stereocenters. The highest BCUT2D eigenvalue weighted by Gasteiger charge is 2.23. The number of nitrogens with zero attached hydrogens (tertiary/aromatic N) is 3. The first-order chi connectivity index (χ1) is 10.1. The first-order valence-electron chi connectivity index (χ1n) is 7.06. The SMILES string of the molecule is CNC(C(=O)N(C)CCc1ccccc1)c1cnn(C)c1. The fourth-order valence-electron chi connectivity index (χ4n) is 2.29. The zero-order valence-electron chi connectivity index (χ0n) is 12.8. The van der Waals surface area contributed by atoms with E-state index in [0.29, 0.717) is 6.54 Å². The van der Waals surface area contributed by atoms with Crippen molar-refractivity contribution in [3.8, 4) is 0 Å². The molecule has 0 aliphatic carbocycles. The fraction of sp³-hybridized carbons (Fsp3) is 0.375. The third-order valence-corrected chi connectivity index (χ3v) is 3.55. The van der Waals surface area contributed by atoms with Crippen LogP contribution in [0.4, 0.5) is 0 Å². The average molecular weight is 286 g/mol. The lowest BCUT2D eigenvalue weighted by molar-refractivity contribution is -0.132. The molecule has 0 radical (unpaired) electrons. The standard InChI is InChI=1S/C16H22N4O/c1-17-15(14-11-18-20(3)12-14)16(21)19(2)10-9-13-7-5-4-6-8-13/h4-8,11-12,15,17H,9-10H2,1-3H3. The van der Waals surface area contributed by atoms with Crippen molar-refractivity contribution >= 4 is 5.91 Å². The summed E-state index contributed by atoms with van der Waals surface area (Å²) in [4.78, 5) is 14.3.